The number of methoxy groups -OCH3 is 1. The Kier molecular flexibility index (Phi) is 5.23. The second-order valence-corrected chi connectivity index (χ2v) is 5.60. The lowest BCUT2D eigenvalue weighted by atomic mass is 9.89. The van der Waals surface area contributed by atoms with E-state index < -0.39 is 0 Å². The molecule has 106 valence electrons. The molecule has 3 heteroatoms. The van der Waals surface area contributed by atoms with Crippen LogP contribution in [0.1, 0.15) is 25.8 Å². The fourth-order valence-electron chi connectivity index (χ4n) is 2.71. The molecular formula is C16H25NO2. The molecule has 1 aromatic carbocycles. The Morgan fingerprint density at radius 1 is 1.32 bits per heavy atom. The summed E-state index contributed by atoms with van der Waals surface area (Å²) in [6.45, 7) is 6.15. The van der Waals surface area contributed by atoms with Crippen LogP contribution in [0.4, 0.5) is 0 Å². The second-order valence-electron chi connectivity index (χ2n) is 5.60. The van der Waals surface area contributed by atoms with Crippen LogP contribution in [0.3, 0.4) is 0 Å². The van der Waals surface area contributed by atoms with Gasteiger partial charge in [-0.3, -0.25) is 0 Å². The van der Waals surface area contributed by atoms with Gasteiger partial charge in [0.05, 0.1) is 13.7 Å². The minimum atomic E-state index is 0.529. The molecular weight excluding hydrogens is 238 g/mol. The van der Waals surface area contributed by atoms with E-state index in [0.29, 0.717) is 18.0 Å². The molecule has 1 aromatic rings. The molecule has 3 nitrogen and oxygen atoms in total. The molecule has 0 aromatic heterocycles. The van der Waals surface area contributed by atoms with Gasteiger partial charge in [-0.15, -0.1) is 0 Å². The van der Waals surface area contributed by atoms with Gasteiger partial charge in [-0.25, -0.2) is 0 Å². The van der Waals surface area contributed by atoms with Gasteiger partial charge < -0.3 is 14.8 Å². The Bertz CT molecular complexity index is 375. The Morgan fingerprint density at radius 2 is 2.05 bits per heavy atom. The van der Waals surface area contributed by atoms with Crippen LogP contribution < -0.4 is 10.1 Å². The quantitative estimate of drug-likeness (QED) is 0.886. The second kappa shape index (κ2) is 6.92. The van der Waals surface area contributed by atoms with Crippen molar-refractivity contribution in [1.82, 2.24) is 5.32 Å². The van der Waals surface area contributed by atoms with Crippen molar-refractivity contribution in [3.05, 3.63) is 29.8 Å². The highest BCUT2D eigenvalue weighted by Gasteiger charge is 2.26. The first-order chi connectivity index (χ1) is 9.19. The molecule has 1 N–H and O–H groups in total. The third kappa shape index (κ3) is 4.22. The summed E-state index contributed by atoms with van der Waals surface area (Å²) in [5, 5.41) is 3.67. The SMILES string of the molecule is COc1ccc(CC2COCCC2NC(C)C)cc1. The summed E-state index contributed by atoms with van der Waals surface area (Å²) >= 11 is 0. The van der Waals surface area contributed by atoms with Crippen molar-refractivity contribution in [2.45, 2.75) is 38.8 Å². The van der Waals surface area contributed by atoms with Crippen LogP contribution in [0.25, 0.3) is 0 Å². The summed E-state index contributed by atoms with van der Waals surface area (Å²) in [5.41, 5.74) is 1.35. The van der Waals surface area contributed by atoms with Crippen LogP contribution in [-0.2, 0) is 11.2 Å². The van der Waals surface area contributed by atoms with Gasteiger partial charge in [0.2, 0.25) is 0 Å². The van der Waals surface area contributed by atoms with Gasteiger partial charge in [-0.2, -0.15) is 0 Å². The van der Waals surface area contributed by atoms with Crippen molar-refractivity contribution < 1.29 is 9.47 Å². The Morgan fingerprint density at radius 3 is 2.68 bits per heavy atom. The largest absolute Gasteiger partial charge is 0.497 e. The highest BCUT2D eigenvalue weighted by molar-refractivity contribution is 5.27. The van der Waals surface area contributed by atoms with E-state index in [0.717, 1.165) is 31.8 Å². The molecule has 1 heterocycles. The van der Waals surface area contributed by atoms with E-state index in [1.54, 1.807) is 7.11 Å². The zero-order chi connectivity index (χ0) is 13.7. The van der Waals surface area contributed by atoms with Crippen molar-refractivity contribution in [2.75, 3.05) is 20.3 Å². The maximum absolute atomic E-state index is 5.65. The van der Waals surface area contributed by atoms with Gasteiger partial charge in [0.25, 0.3) is 0 Å². The number of nitrogens with one attached hydrogen (secondary N) is 1. The van der Waals surface area contributed by atoms with Gasteiger partial charge in [-0.1, -0.05) is 26.0 Å². The molecule has 0 amide bonds. The van der Waals surface area contributed by atoms with E-state index in [9.17, 15) is 0 Å². The number of ether oxygens (including phenoxy) is 2. The molecule has 0 radical (unpaired) electrons. The summed E-state index contributed by atoms with van der Waals surface area (Å²) in [4.78, 5) is 0. The van der Waals surface area contributed by atoms with E-state index in [2.05, 4.69) is 31.3 Å². The predicted molar refractivity (Wildman–Crippen MR) is 77.7 cm³/mol. The molecule has 2 unspecified atom stereocenters. The first-order valence-corrected chi connectivity index (χ1v) is 7.15. The normalized spacial score (nSPS) is 23.6. The lowest BCUT2D eigenvalue weighted by molar-refractivity contribution is 0.0300. The van der Waals surface area contributed by atoms with Crippen molar-refractivity contribution in [2.24, 2.45) is 5.92 Å². The molecule has 2 atom stereocenters. The van der Waals surface area contributed by atoms with Gasteiger partial charge in [-0.05, 0) is 30.5 Å². The summed E-state index contributed by atoms with van der Waals surface area (Å²) < 4.78 is 10.8. The van der Waals surface area contributed by atoms with Crippen molar-refractivity contribution in [3.8, 4) is 5.75 Å². The highest BCUT2D eigenvalue weighted by atomic mass is 16.5. The van der Waals surface area contributed by atoms with Gasteiger partial charge >= 0.3 is 0 Å². The molecule has 1 aliphatic heterocycles. The van der Waals surface area contributed by atoms with Crippen LogP contribution >= 0.6 is 0 Å². The smallest absolute Gasteiger partial charge is 0.118 e. The summed E-state index contributed by atoms with van der Waals surface area (Å²) in [6.07, 6.45) is 2.17. The zero-order valence-corrected chi connectivity index (χ0v) is 12.2. The van der Waals surface area contributed by atoms with E-state index >= 15 is 0 Å². The molecule has 1 fully saturated rings. The number of hydrogen-bond donors (Lipinski definition) is 1. The average Bonchev–Trinajstić information content (AvgIpc) is 2.41. The van der Waals surface area contributed by atoms with Crippen molar-refractivity contribution >= 4 is 0 Å². The van der Waals surface area contributed by atoms with Crippen LogP contribution in [0.5, 0.6) is 5.75 Å². The fraction of sp³-hybridized carbons (Fsp3) is 0.625. The molecule has 2 rings (SSSR count). The maximum atomic E-state index is 5.65. The molecule has 0 saturated carbocycles. The van der Waals surface area contributed by atoms with Gasteiger partial charge in [0.15, 0.2) is 0 Å². The van der Waals surface area contributed by atoms with E-state index in [1.807, 2.05) is 12.1 Å². The molecule has 0 aliphatic carbocycles. The molecule has 1 aliphatic rings. The Labute approximate surface area is 116 Å². The zero-order valence-electron chi connectivity index (χ0n) is 12.2. The first-order valence-electron chi connectivity index (χ1n) is 7.15. The third-order valence-electron chi connectivity index (χ3n) is 3.68. The van der Waals surface area contributed by atoms with Crippen LogP contribution in [0.15, 0.2) is 24.3 Å². The lowest BCUT2D eigenvalue weighted by Gasteiger charge is -2.33. The standard InChI is InChI=1S/C16H25NO2/c1-12(2)17-16-8-9-19-11-14(16)10-13-4-6-15(18-3)7-5-13/h4-7,12,14,16-17H,8-11H2,1-3H3. The highest BCUT2D eigenvalue weighted by Crippen LogP contribution is 2.21. The van der Waals surface area contributed by atoms with Crippen molar-refractivity contribution in [3.63, 3.8) is 0 Å². The minimum absolute atomic E-state index is 0.529. The molecule has 19 heavy (non-hydrogen) atoms. The molecule has 0 bridgehead atoms. The maximum Gasteiger partial charge on any atom is 0.118 e. The fourth-order valence-corrected chi connectivity index (χ4v) is 2.71. The van der Waals surface area contributed by atoms with Crippen molar-refractivity contribution in [1.29, 1.82) is 0 Å². The lowest BCUT2D eigenvalue weighted by Crippen LogP contribution is -2.46. The van der Waals surface area contributed by atoms with Crippen LogP contribution in [0.2, 0.25) is 0 Å². The molecule has 1 saturated heterocycles. The number of rotatable bonds is 5. The van der Waals surface area contributed by atoms with E-state index in [-0.39, 0.29) is 0 Å². The Hall–Kier alpha value is -1.06. The van der Waals surface area contributed by atoms with Crippen LogP contribution in [-0.4, -0.2) is 32.4 Å². The third-order valence-corrected chi connectivity index (χ3v) is 3.68. The average molecular weight is 263 g/mol. The topological polar surface area (TPSA) is 30.5 Å². The summed E-state index contributed by atoms with van der Waals surface area (Å²) in [5.74, 6) is 1.48. The summed E-state index contributed by atoms with van der Waals surface area (Å²) in [6, 6.07) is 9.46. The monoisotopic (exact) mass is 263 g/mol. The van der Waals surface area contributed by atoms with E-state index in [1.165, 1.54) is 5.56 Å². The predicted octanol–water partition coefficient (Wildman–Crippen LogP) is 2.64. The van der Waals surface area contributed by atoms with Gasteiger partial charge in [0, 0.05) is 24.6 Å². The first kappa shape index (κ1) is 14.4. The van der Waals surface area contributed by atoms with Gasteiger partial charge in [0.1, 0.15) is 5.75 Å². The summed E-state index contributed by atoms with van der Waals surface area (Å²) in [7, 11) is 1.70. The minimum Gasteiger partial charge on any atom is -0.497 e. The number of hydrogen-bond acceptors (Lipinski definition) is 3. The van der Waals surface area contributed by atoms with Crippen LogP contribution in [0, 0.1) is 5.92 Å². The Balaban J connectivity index is 1.97. The molecule has 0 spiro atoms. The van der Waals surface area contributed by atoms with E-state index in [4.69, 9.17) is 9.47 Å². The number of benzene rings is 1.